The molecule has 94 valence electrons. The topological polar surface area (TPSA) is 63.6 Å². The molecule has 0 saturated heterocycles. The van der Waals surface area contributed by atoms with Crippen molar-refractivity contribution in [1.29, 1.82) is 0 Å². The fourth-order valence-electron chi connectivity index (χ4n) is 2.02. The Morgan fingerprint density at radius 2 is 2.33 bits per heavy atom. The Bertz CT molecular complexity index is 609. The van der Waals surface area contributed by atoms with Crippen molar-refractivity contribution in [3.8, 4) is 11.3 Å². The lowest BCUT2D eigenvalue weighted by Gasteiger charge is -2.00. The summed E-state index contributed by atoms with van der Waals surface area (Å²) in [5.74, 6) is 1.27. The number of rotatable bonds is 4. The van der Waals surface area contributed by atoms with Gasteiger partial charge in [0.2, 0.25) is 0 Å². The van der Waals surface area contributed by atoms with Gasteiger partial charge in [0.25, 0.3) is 5.56 Å². The molecule has 2 aromatic heterocycles. The van der Waals surface area contributed by atoms with Crippen LogP contribution in [0.2, 0.25) is 0 Å². The molecule has 2 heterocycles. The molecule has 0 aliphatic heterocycles. The maximum absolute atomic E-state index is 11.6. The second-order valence-corrected chi connectivity index (χ2v) is 4.78. The number of hydrogen-bond acceptors (Lipinski definition) is 3. The molecule has 18 heavy (non-hydrogen) atoms. The first-order valence-electron chi connectivity index (χ1n) is 6.40. The Morgan fingerprint density at radius 3 is 3.06 bits per heavy atom. The lowest BCUT2D eigenvalue weighted by molar-refractivity contribution is 0.603. The fourth-order valence-corrected chi connectivity index (χ4v) is 2.02. The molecule has 0 radical (unpaired) electrons. The summed E-state index contributed by atoms with van der Waals surface area (Å²) in [6, 6.07) is 1.54. The predicted octanol–water partition coefficient (Wildman–Crippen LogP) is 1.92. The maximum Gasteiger partial charge on any atom is 0.251 e. The first-order chi connectivity index (χ1) is 8.76. The molecular formula is C13H16N4O. The first-order valence-corrected chi connectivity index (χ1v) is 6.40. The Morgan fingerprint density at radius 1 is 1.50 bits per heavy atom. The quantitative estimate of drug-likeness (QED) is 0.893. The molecule has 0 amide bonds. The zero-order valence-corrected chi connectivity index (χ0v) is 10.4. The van der Waals surface area contributed by atoms with E-state index in [9.17, 15) is 4.79 Å². The van der Waals surface area contributed by atoms with E-state index in [2.05, 4.69) is 22.0 Å². The van der Waals surface area contributed by atoms with Crippen LogP contribution in [0.25, 0.3) is 11.3 Å². The lowest BCUT2D eigenvalue weighted by atomic mass is 10.2. The van der Waals surface area contributed by atoms with E-state index >= 15 is 0 Å². The van der Waals surface area contributed by atoms with Crippen LogP contribution in [0.4, 0.5) is 0 Å². The second-order valence-electron chi connectivity index (χ2n) is 4.78. The van der Waals surface area contributed by atoms with Gasteiger partial charge in [0, 0.05) is 30.3 Å². The van der Waals surface area contributed by atoms with Gasteiger partial charge in [0.05, 0.1) is 11.9 Å². The van der Waals surface area contributed by atoms with Gasteiger partial charge in [-0.1, -0.05) is 6.92 Å². The summed E-state index contributed by atoms with van der Waals surface area (Å²) >= 11 is 0. The lowest BCUT2D eigenvalue weighted by Crippen LogP contribution is -2.10. The smallest absolute Gasteiger partial charge is 0.251 e. The third-order valence-electron chi connectivity index (χ3n) is 3.11. The van der Waals surface area contributed by atoms with Crippen LogP contribution in [-0.4, -0.2) is 19.7 Å². The largest absolute Gasteiger partial charge is 0.310 e. The van der Waals surface area contributed by atoms with Gasteiger partial charge in [-0.2, -0.15) is 5.10 Å². The monoisotopic (exact) mass is 244 g/mol. The van der Waals surface area contributed by atoms with E-state index in [1.807, 2.05) is 10.9 Å². The highest BCUT2D eigenvalue weighted by molar-refractivity contribution is 5.56. The molecule has 1 N–H and O–H groups in total. The van der Waals surface area contributed by atoms with Crippen LogP contribution in [0.1, 0.15) is 37.9 Å². The highest BCUT2D eigenvalue weighted by Gasteiger charge is 2.26. The molecular weight excluding hydrogens is 228 g/mol. The summed E-state index contributed by atoms with van der Waals surface area (Å²) in [7, 11) is 0. The molecule has 0 unspecified atom stereocenters. The van der Waals surface area contributed by atoms with Gasteiger partial charge in [-0.15, -0.1) is 0 Å². The number of aromatic amines is 1. The molecule has 0 aromatic carbocycles. The zero-order valence-electron chi connectivity index (χ0n) is 10.4. The molecule has 1 saturated carbocycles. The molecule has 2 aromatic rings. The van der Waals surface area contributed by atoms with Crippen LogP contribution in [0.5, 0.6) is 0 Å². The third kappa shape index (κ3) is 2.20. The third-order valence-corrected chi connectivity index (χ3v) is 3.11. The normalized spacial score (nSPS) is 14.9. The van der Waals surface area contributed by atoms with E-state index < -0.39 is 0 Å². The van der Waals surface area contributed by atoms with E-state index in [1.54, 1.807) is 12.3 Å². The molecule has 1 fully saturated rings. The molecule has 5 nitrogen and oxygen atoms in total. The van der Waals surface area contributed by atoms with E-state index in [-0.39, 0.29) is 5.56 Å². The SMILES string of the molecule is CCCn1cc(-c2cc(=O)[nH]c(C3CC3)n2)cn1. The van der Waals surface area contributed by atoms with E-state index in [4.69, 9.17) is 0 Å². The van der Waals surface area contributed by atoms with Crippen molar-refractivity contribution < 1.29 is 0 Å². The highest BCUT2D eigenvalue weighted by atomic mass is 16.1. The Kier molecular flexibility index (Phi) is 2.74. The molecule has 1 aliphatic carbocycles. The Labute approximate surface area is 105 Å². The van der Waals surface area contributed by atoms with Crippen LogP contribution in [0, 0.1) is 0 Å². The van der Waals surface area contributed by atoms with E-state index in [1.165, 1.54) is 0 Å². The maximum atomic E-state index is 11.6. The summed E-state index contributed by atoms with van der Waals surface area (Å²) in [4.78, 5) is 19.0. The minimum absolute atomic E-state index is 0.0786. The summed E-state index contributed by atoms with van der Waals surface area (Å²) in [5.41, 5.74) is 1.56. The van der Waals surface area contributed by atoms with Crippen molar-refractivity contribution in [2.24, 2.45) is 0 Å². The fraction of sp³-hybridized carbons (Fsp3) is 0.462. The summed E-state index contributed by atoms with van der Waals surface area (Å²) in [6.45, 7) is 3.00. The van der Waals surface area contributed by atoms with E-state index in [0.29, 0.717) is 5.92 Å². The van der Waals surface area contributed by atoms with Crippen molar-refractivity contribution in [1.82, 2.24) is 19.7 Å². The van der Waals surface area contributed by atoms with Gasteiger partial charge in [0.1, 0.15) is 5.82 Å². The molecule has 0 atom stereocenters. The standard InChI is InChI=1S/C13H16N4O/c1-2-5-17-8-10(7-14-17)11-6-12(18)16-13(15-11)9-3-4-9/h6-9H,2-5H2,1H3,(H,15,16,18). The van der Waals surface area contributed by atoms with Crippen LogP contribution in [0.15, 0.2) is 23.3 Å². The first kappa shape index (κ1) is 11.2. The summed E-state index contributed by atoms with van der Waals surface area (Å²) < 4.78 is 1.88. The summed E-state index contributed by atoms with van der Waals surface area (Å²) in [5, 5.41) is 4.27. The number of hydrogen-bond donors (Lipinski definition) is 1. The minimum atomic E-state index is -0.0786. The van der Waals surface area contributed by atoms with Gasteiger partial charge in [-0.3, -0.25) is 9.48 Å². The van der Waals surface area contributed by atoms with Crippen molar-refractivity contribution in [2.45, 2.75) is 38.6 Å². The second kappa shape index (κ2) is 4.40. The number of nitrogens with zero attached hydrogens (tertiary/aromatic N) is 3. The average molecular weight is 244 g/mol. The number of aryl methyl sites for hydroxylation is 1. The van der Waals surface area contributed by atoms with Gasteiger partial charge in [-0.05, 0) is 19.3 Å². The Hall–Kier alpha value is -1.91. The van der Waals surface area contributed by atoms with Crippen molar-refractivity contribution in [2.75, 3.05) is 0 Å². The van der Waals surface area contributed by atoms with E-state index in [0.717, 1.165) is 42.9 Å². The van der Waals surface area contributed by atoms with Gasteiger partial charge in [-0.25, -0.2) is 4.98 Å². The predicted molar refractivity (Wildman–Crippen MR) is 68.3 cm³/mol. The molecule has 0 spiro atoms. The van der Waals surface area contributed by atoms with Gasteiger partial charge < -0.3 is 4.98 Å². The van der Waals surface area contributed by atoms with Crippen LogP contribution in [-0.2, 0) is 6.54 Å². The van der Waals surface area contributed by atoms with Crippen LogP contribution in [0.3, 0.4) is 0 Å². The highest BCUT2D eigenvalue weighted by Crippen LogP contribution is 2.37. The van der Waals surface area contributed by atoms with Gasteiger partial charge >= 0.3 is 0 Å². The summed E-state index contributed by atoms with van der Waals surface area (Å²) in [6.07, 6.45) is 7.01. The molecule has 0 bridgehead atoms. The minimum Gasteiger partial charge on any atom is -0.310 e. The molecule has 3 rings (SSSR count). The van der Waals surface area contributed by atoms with Crippen LogP contribution < -0.4 is 5.56 Å². The number of nitrogens with one attached hydrogen (secondary N) is 1. The van der Waals surface area contributed by atoms with Crippen molar-refractivity contribution in [3.05, 3.63) is 34.6 Å². The average Bonchev–Trinajstić information content (AvgIpc) is 3.10. The molecule has 5 heteroatoms. The number of H-pyrrole nitrogens is 1. The number of aromatic nitrogens is 4. The van der Waals surface area contributed by atoms with Gasteiger partial charge in [0.15, 0.2) is 0 Å². The Balaban J connectivity index is 1.96. The van der Waals surface area contributed by atoms with Crippen molar-refractivity contribution in [3.63, 3.8) is 0 Å². The van der Waals surface area contributed by atoms with Crippen LogP contribution >= 0.6 is 0 Å². The van der Waals surface area contributed by atoms with Crippen molar-refractivity contribution >= 4 is 0 Å². The zero-order chi connectivity index (χ0) is 12.5. The molecule has 1 aliphatic rings.